The van der Waals surface area contributed by atoms with Crippen molar-refractivity contribution in [3.63, 3.8) is 0 Å². The minimum absolute atomic E-state index is 0.115. The van der Waals surface area contributed by atoms with Crippen LogP contribution in [0.1, 0.15) is 28.7 Å². The molecule has 0 amide bonds. The number of benzene rings is 2. The Kier molecular flexibility index (Phi) is 7.98. The van der Waals surface area contributed by atoms with Crippen molar-refractivity contribution in [3.8, 4) is 17.6 Å². The summed E-state index contributed by atoms with van der Waals surface area (Å²) in [6.45, 7) is 1.22. The minimum Gasteiger partial charge on any atom is -0.490 e. The first-order valence-electron chi connectivity index (χ1n) is 14.0. The summed E-state index contributed by atoms with van der Waals surface area (Å²) in [6.07, 6.45) is 20.8. The molecule has 0 saturated heterocycles. The third kappa shape index (κ3) is 6.35. The lowest BCUT2D eigenvalue weighted by molar-refractivity contribution is 0.286. The fraction of sp³-hybridized carbons (Fsp3) is 0.143. The predicted octanol–water partition coefficient (Wildman–Crippen LogP) is 5.28. The van der Waals surface area contributed by atoms with Crippen LogP contribution in [-0.4, -0.2) is 27.2 Å². The Bertz CT molecular complexity index is 1740. The molecule has 2 aromatic heterocycles. The second-order valence-corrected chi connectivity index (χ2v) is 10.3. The van der Waals surface area contributed by atoms with Crippen molar-refractivity contribution in [2.75, 3.05) is 11.5 Å². The Labute approximate surface area is 246 Å². The molecular formula is C35H32N6O. The van der Waals surface area contributed by atoms with Crippen molar-refractivity contribution >= 4 is 17.5 Å². The third-order valence-corrected chi connectivity index (χ3v) is 7.15. The van der Waals surface area contributed by atoms with E-state index in [2.05, 4.69) is 64.4 Å². The van der Waals surface area contributed by atoms with Gasteiger partial charge in [-0.1, -0.05) is 60.4 Å². The molecule has 42 heavy (non-hydrogen) atoms. The molecule has 0 radical (unpaired) electrons. The number of hydrogen-bond donors (Lipinski definition) is 2. The van der Waals surface area contributed by atoms with Crippen molar-refractivity contribution in [2.24, 2.45) is 11.5 Å². The van der Waals surface area contributed by atoms with Gasteiger partial charge >= 0.3 is 0 Å². The Morgan fingerprint density at radius 3 is 2.74 bits per heavy atom. The fourth-order valence-corrected chi connectivity index (χ4v) is 4.98. The maximum Gasteiger partial charge on any atom is 0.139 e. The zero-order valence-corrected chi connectivity index (χ0v) is 23.2. The lowest BCUT2D eigenvalue weighted by Crippen LogP contribution is -2.30. The largest absolute Gasteiger partial charge is 0.490 e. The number of pyridine rings is 1. The Morgan fingerprint density at radius 2 is 1.88 bits per heavy atom. The highest BCUT2D eigenvalue weighted by Gasteiger charge is 2.18. The summed E-state index contributed by atoms with van der Waals surface area (Å²) in [6, 6.07) is 18.2. The molecule has 4 N–H and O–H groups in total. The van der Waals surface area contributed by atoms with Crippen LogP contribution in [0.3, 0.4) is 0 Å². The van der Waals surface area contributed by atoms with Gasteiger partial charge in [0.2, 0.25) is 0 Å². The number of nitrogens with two attached hydrogens (primary N) is 2. The molecule has 3 heterocycles. The van der Waals surface area contributed by atoms with E-state index in [1.807, 2.05) is 64.5 Å². The van der Waals surface area contributed by atoms with Gasteiger partial charge in [0.25, 0.3) is 0 Å². The molecule has 7 nitrogen and oxygen atoms in total. The van der Waals surface area contributed by atoms with Crippen LogP contribution in [0, 0.1) is 11.8 Å². The monoisotopic (exact) mass is 552 g/mol. The molecule has 1 atom stereocenters. The predicted molar refractivity (Wildman–Crippen MR) is 168 cm³/mol. The smallest absolute Gasteiger partial charge is 0.139 e. The third-order valence-electron chi connectivity index (χ3n) is 7.15. The number of aromatic nitrogens is 3. The van der Waals surface area contributed by atoms with Gasteiger partial charge in [0.1, 0.15) is 12.4 Å². The van der Waals surface area contributed by atoms with E-state index in [-0.39, 0.29) is 6.04 Å². The summed E-state index contributed by atoms with van der Waals surface area (Å²) in [5, 5.41) is 0. The van der Waals surface area contributed by atoms with Gasteiger partial charge in [-0.15, -0.1) is 0 Å². The average molecular weight is 553 g/mol. The number of ether oxygens (including phenoxy) is 1. The van der Waals surface area contributed by atoms with Crippen molar-refractivity contribution in [3.05, 3.63) is 144 Å². The summed E-state index contributed by atoms with van der Waals surface area (Å²) in [5.74, 6) is 7.21. The van der Waals surface area contributed by atoms with Gasteiger partial charge in [-0.05, 0) is 35.8 Å². The zero-order valence-electron chi connectivity index (χ0n) is 23.2. The van der Waals surface area contributed by atoms with E-state index in [4.69, 9.17) is 16.2 Å². The van der Waals surface area contributed by atoms with Gasteiger partial charge in [-0.25, -0.2) is 4.98 Å². The first kappa shape index (κ1) is 26.9. The van der Waals surface area contributed by atoms with Crippen LogP contribution in [0.2, 0.25) is 0 Å². The highest BCUT2D eigenvalue weighted by atomic mass is 16.5. The normalized spacial score (nSPS) is 14.3. The molecule has 2 aliphatic rings. The average Bonchev–Trinajstić information content (AvgIpc) is 3.50. The molecule has 0 bridgehead atoms. The molecule has 0 unspecified atom stereocenters. The van der Waals surface area contributed by atoms with Gasteiger partial charge in [-0.3, -0.25) is 4.98 Å². The SMILES string of the molecule is NC1=C2C=CN(c3cncc(OC[C@H](N)Cc4ccccc4)c3)C=C2C=Cc2cc(C#CCCn3ccnc3)ccc21. The molecule has 208 valence electrons. The summed E-state index contributed by atoms with van der Waals surface area (Å²) in [5.41, 5.74) is 20.8. The summed E-state index contributed by atoms with van der Waals surface area (Å²) in [7, 11) is 0. The van der Waals surface area contributed by atoms with E-state index in [1.165, 1.54) is 5.56 Å². The lowest BCUT2D eigenvalue weighted by atomic mass is 9.98. The van der Waals surface area contributed by atoms with Crippen LogP contribution in [0.25, 0.3) is 11.8 Å². The molecule has 4 aromatic rings. The molecule has 0 saturated carbocycles. The van der Waals surface area contributed by atoms with Gasteiger partial charge in [-0.2, -0.15) is 0 Å². The summed E-state index contributed by atoms with van der Waals surface area (Å²) in [4.78, 5) is 10.5. The zero-order chi connectivity index (χ0) is 28.7. The lowest BCUT2D eigenvalue weighted by Gasteiger charge is -2.23. The van der Waals surface area contributed by atoms with E-state index >= 15 is 0 Å². The Balaban J connectivity index is 1.14. The van der Waals surface area contributed by atoms with Crippen LogP contribution >= 0.6 is 0 Å². The molecule has 0 fully saturated rings. The quantitative estimate of drug-likeness (QED) is 0.289. The number of nitrogens with zero attached hydrogens (tertiary/aromatic N) is 4. The van der Waals surface area contributed by atoms with E-state index in [1.54, 1.807) is 18.7 Å². The number of rotatable bonds is 8. The van der Waals surface area contributed by atoms with E-state index in [0.29, 0.717) is 12.4 Å². The number of hydrogen-bond acceptors (Lipinski definition) is 6. The van der Waals surface area contributed by atoms with E-state index in [0.717, 1.165) is 58.6 Å². The molecular weight excluding hydrogens is 520 g/mol. The van der Waals surface area contributed by atoms with Gasteiger partial charge in [0.15, 0.2) is 0 Å². The first-order chi connectivity index (χ1) is 20.6. The van der Waals surface area contributed by atoms with E-state index in [9.17, 15) is 0 Å². The number of aryl methyl sites for hydroxylation is 1. The summed E-state index contributed by atoms with van der Waals surface area (Å²) >= 11 is 0. The van der Waals surface area contributed by atoms with Crippen LogP contribution in [-0.2, 0) is 13.0 Å². The number of allylic oxidation sites excluding steroid dienone is 4. The maximum atomic E-state index is 6.70. The topological polar surface area (TPSA) is 95.2 Å². The van der Waals surface area contributed by atoms with E-state index < -0.39 is 0 Å². The van der Waals surface area contributed by atoms with Crippen molar-refractivity contribution in [1.29, 1.82) is 0 Å². The Hall–Kier alpha value is -5.32. The number of anilines is 1. The minimum atomic E-state index is -0.115. The molecule has 2 aromatic carbocycles. The van der Waals surface area contributed by atoms with Crippen molar-refractivity contribution in [1.82, 2.24) is 14.5 Å². The van der Waals surface area contributed by atoms with Crippen LogP contribution < -0.4 is 21.1 Å². The molecule has 6 rings (SSSR count). The summed E-state index contributed by atoms with van der Waals surface area (Å²) < 4.78 is 8.03. The number of fused-ring (bicyclic) bond motifs is 2. The highest BCUT2D eigenvalue weighted by Crippen LogP contribution is 2.34. The van der Waals surface area contributed by atoms with Gasteiger partial charge < -0.3 is 25.7 Å². The second kappa shape index (κ2) is 12.5. The molecule has 1 aliphatic carbocycles. The van der Waals surface area contributed by atoms with Crippen molar-refractivity contribution < 1.29 is 4.74 Å². The van der Waals surface area contributed by atoms with Gasteiger partial charge in [0, 0.05) is 77.8 Å². The standard InChI is InChI=1S/C35H32N6O/c36-30(19-26-6-2-1-3-7-26)24-42-32-20-31(21-39-22-32)41-16-13-34-29(23-41)11-10-28-18-27(9-12-33(28)35(34)37)8-4-5-15-40-17-14-38-25-40/h1-3,6-7,9-14,16-18,20-23,25,30H,5,15,19,24,36-37H2/t30-/m1/s1. The molecule has 1 aliphatic heterocycles. The van der Waals surface area contributed by atoms with Crippen LogP contribution in [0.15, 0.2) is 121 Å². The Morgan fingerprint density at radius 1 is 0.976 bits per heavy atom. The van der Waals surface area contributed by atoms with Crippen LogP contribution in [0.4, 0.5) is 5.69 Å². The van der Waals surface area contributed by atoms with Gasteiger partial charge in [0.05, 0.1) is 24.4 Å². The maximum absolute atomic E-state index is 6.70. The van der Waals surface area contributed by atoms with Crippen molar-refractivity contribution in [2.45, 2.75) is 25.4 Å². The molecule has 7 heteroatoms. The number of imidazole rings is 1. The highest BCUT2D eigenvalue weighted by molar-refractivity contribution is 5.85. The van der Waals surface area contributed by atoms with Crippen LogP contribution in [0.5, 0.6) is 5.75 Å². The fourth-order valence-electron chi connectivity index (χ4n) is 4.98. The second-order valence-electron chi connectivity index (χ2n) is 10.3. The molecule has 0 spiro atoms. The first-order valence-corrected chi connectivity index (χ1v) is 14.0.